The van der Waals surface area contributed by atoms with Gasteiger partial charge < -0.3 is 14.8 Å². The number of carbonyl (C=O) groups is 2. The van der Waals surface area contributed by atoms with Crippen LogP contribution in [0.2, 0.25) is 5.02 Å². The van der Waals surface area contributed by atoms with Crippen LogP contribution in [0.4, 0.5) is 4.39 Å². The smallest absolute Gasteiger partial charge is 0.331 e. The summed E-state index contributed by atoms with van der Waals surface area (Å²) < 4.78 is 23.3. The van der Waals surface area contributed by atoms with Gasteiger partial charge in [0.05, 0.1) is 13.2 Å². The third kappa shape index (κ3) is 6.11. The molecule has 2 aromatic carbocycles. The standard InChI is InChI=1S/C20H19ClFNO4/c1-13(15-5-3-4-6-16(15)21)23-19(24)12-27-20(25)10-8-14-7-9-18(26-2)17(22)11-14/h3-11,13H,12H2,1-2H3,(H,23,24)/b10-8+/t13-/m1/s1. The molecule has 0 spiro atoms. The minimum Gasteiger partial charge on any atom is -0.494 e. The molecule has 0 aromatic heterocycles. The van der Waals surface area contributed by atoms with Gasteiger partial charge in [0.1, 0.15) is 0 Å². The fourth-order valence-electron chi connectivity index (χ4n) is 2.32. The molecule has 27 heavy (non-hydrogen) atoms. The number of benzene rings is 2. The Bertz CT molecular complexity index is 854. The van der Waals surface area contributed by atoms with Crippen LogP contribution >= 0.6 is 11.6 Å². The van der Waals surface area contributed by atoms with Crippen LogP contribution in [0, 0.1) is 5.82 Å². The number of carbonyl (C=O) groups excluding carboxylic acids is 2. The van der Waals surface area contributed by atoms with Crippen molar-refractivity contribution in [3.05, 3.63) is 70.5 Å². The van der Waals surface area contributed by atoms with Crippen LogP contribution in [-0.2, 0) is 14.3 Å². The van der Waals surface area contributed by atoms with Crippen LogP contribution in [0.3, 0.4) is 0 Å². The number of rotatable bonds is 7. The van der Waals surface area contributed by atoms with Crippen molar-refractivity contribution >= 4 is 29.6 Å². The Morgan fingerprint density at radius 2 is 2.00 bits per heavy atom. The van der Waals surface area contributed by atoms with Gasteiger partial charge in [-0.15, -0.1) is 0 Å². The molecule has 0 aliphatic heterocycles. The second kappa shape index (κ2) is 9.73. The fraction of sp³-hybridized carbons (Fsp3) is 0.200. The van der Waals surface area contributed by atoms with E-state index in [2.05, 4.69) is 5.32 Å². The van der Waals surface area contributed by atoms with Crippen LogP contribution in [0.1, 0.15) is 24.1 Å². The normalized spacial score (nSPS) is 11.9. The predicted octanol–water partition coefficient (Wildman–Crippen LogP) is 3.92. The van der Waals surface area contributed by atoms with Gasteiger partial charge in [-0.1, -0.05) is 35.9 Å². The zero-order valence-corrected chi connectivity index (χ0v) is 15.6. The Kier molecular flexibility index (Phi) is 7.37. The molecule has 5 nitrogen and oxygen atoms in total. The van der Waals surface area contributed by atoms with E-state index < -0.39 is 24.3 Å². The summed E-state index contributed by atoms with van der Waals surface area (Å²) in [5.41, 5.74) is 1.22. The van der Waals surface area contributed by atoms with E-state index >= 15 is 0 Å². The minimum absolute atomic E-state index is 0.110. The van der Waals surface area contributed by atoms with Crippen molar-refractivity contribution in [2.45, 2.75) is 13.0 Å². The van der Waals surface area contributed by atoms with Crippen molar-refractivity contribution in [2.24, 2.45) is 0 Å². The SMILES string of the molecule is COc1ccc(/C=C/C(=O)OCC(=O)N[C@H](C)c2ccccc2Cl)cc1F. The topological polar surface area (TPSA) is 64.6 Å². The number of ether oxygens (including phenoxy) is 2. The van der Waals surface area contributed by atoms with Crippen molar-refractivity contribution in [3.8, 4) is 5.75 Å². The van der Waals surface area contributed by atoms with Gasteiger partial charge >= 0.3 is 5.97 Å². The largest absolute Gasteiger partial charge is 0.494 e. The Hall–Kier alpha value is -2.86. The van der Waals surface area contributed by atoms with E-state index in [-0.39, 0.29) is 11.8 Å². The molecule has 0 radical (unpaired) electrons. The lowest BCUT2D eigenvalue weighted by atomic mass is 10.1. The molecule has 0 saturated carbocycles. The molecule has 7 heteroatoms. The van der Waals surface area contributed by atoms with E-state index in [9.17, 15) is 14.0 Å². The predicted molar refractivity (Wildman–Crippen MR) is 101 cm³/mol. The van der Waals surface area contributed by atoms with Gasteiger partial charge in [-0.05, 0) is 42.3 Å². The number of hydrogen-bond donors (Lipinski definition) is 1. The van der Waals surface area contributed by atoms with Crippen molar-refractivity contribution < 1.29 is 23.5 Å². The third-order valence-electron chi connectivity index (χ3n) is 3.68. The van der Waals surface area contributed by atoms with Gasteiger partial charge in [0.15, 0.2) is 18.2 Å². The summed E-state index contributed by atoms with van der Waals surface area (Å²) in [4.78, 5) is 23.6. The maximum Gasteiger partial charge on any atom is 0.331 e. The molecule has 1 amide bonds. The molecule has 2 aromatic rings. The van der Waals surface area contributed by atoms with E-state index in [4.69, 9.17) is 21.1 Å². The molecule has 0 heterocycles. The summed E-state index contributed by atoms with van der Waals surface area (Å²) in [6, 6.07) is 11.1. The molecule has 0 aliphatic carbocycles. The third-order valence-corrected chi connectivity index (χ3v) is 4.03. The van der Waals surface area contributed by atoms with E-state index in [0.29, 0.717) is 10.6 Å². The number of halogens is 2. The number of amides is 1. The first-order chi connectivity index (χ1) is 12.9. The van der Waals surface area contributed by atoms with Crippen LogP contribution < -0.4 is 10.1 Å². The monoisotopic (exact) mass is 391 g/mol. The molecule has 2 rings (SSSR count). The van der Waals surface area contributed by atoms with Crippen molar-refractivity contribution in [1.82, 2.24) is 5.32 Å². The Morgan fingerprint density at radius 1 is 1.26 bits per heavy atom. The van der Waals surface area contributed by atoms with Gasteiger partial charge in [0.2, 0.25) is 0 Å². The van der Waals surface area contributed by atoms with Crippen molar-refractivity contribution in [2.75, 3.05) is 13.7 Å². The van der Waals surface area contributed by atoms with Crippen LogP contribution in [0.25, 0.3) is 6.08 Å². The molecule has 0 aliphatic rings. The van der Waals surface area contributed by atoms with Gasteiger partial charge in [0, 0.05) is 11.1 Å². The second-order valence-corrected chi connectivity index (χ2v) is 6.05. The van der Waals surface area contributed by atoms with Crippen molar-refractivity contribution in [3.63, 3.8) is 0 Å². The minimum atomic E-state index is -0.716. The summed E-state index contributed by atoms with van der Waals surface area (Å²) in [7, 11) is 1.36. The highest BCUT2D eigenvalue weighted by atomic mass is 35.5. The molecule has 0 unspecified atom stereocenters. The van der Waals surface area contributed by atoms with Crippen LogP contribution in [-0.4, -0.2) is 25.6 Å². The molecule has 0 saturated heterocycles. The summed E-state index contributed by atoms with van der Waals surface area (Å²) in [5, 5.41) is 3.24. The average molecular weight is 392 g/mol. The number of esters is 1. The molecule has 0 fully saturated rings. The van der Waals surface area contributed by atoms with Crippen molar-refractivity contribution in [1.29, 1.82) is 0 Å². The molecular weight excluding hydrogens is 373 g/mol. The molecule has 142 valence electrons. The second-order valence-electron chi connectivity index (χ2n) is 5.65. The van der Waals surface area contributed by atoms with Gasteiger partial charge in [-0.2, -0.15) is 0 Å². The Labute approximate surface area is 161 Å². The maximum absolute atomic E-state index is 13.6. The first-order valence-corrected chi connectivity index (χ1v) is 8.50. The summed E-state index contributed by atoms with van der Waals surface area (Å²) in [6.07, 6.45) is 2.50. The lowest BCUT2D eigenvalue weighted by Gasteiger charge is -2.15. The number of hydrogen-bond acceptors (Lipinski definition) is 4. The van der Waals surface area contributed by atoms with Crippen LogP contribution in [0.5, 0.6) is 5.75 Å². The van der Waals surface area contributed by atoms with Gasteiger partial charge in [-0.25, -0.2) is 9.18 Å². The molecule has 1 atom stereocenters. The Morgan fingerprint density at radius 3 is 2.67 bits per heavy atom. The van der Waals surface area contributed by atoms with E-state index in [0.717, 1.165) is 11.6 Å². The Balaban J connectivity index is 1.83. The quantitative estimate of drug-likeness (QED) is 0.574. The van der Waals surface area contributed by atoms with Gasteiger partial charge in [-0.3, -0.25) is 4.79 Å². The summed E-state index contributed by atoms with van der Waals surface area (Å²) >= 11 is 6.08. The fourth-order valence-corrected chi connectivity index (χ4v) is 2.62. The lowest BCUT2D eigenvalue weighted by Crippen LogP contribution is -2.31. The first kappa shape index (κ1) is 20.5. The van der Waals surface area contributed by atoms with E-state index in [1.807, 2.05) is 6.07 Å². The van der Waals surface area contributed by atoms with Crippen LogP contribution in [0.15, 0.2) is 48.5 Å². The van der Waals surface area contributed by atoms with E-state index in [1.165, 1.54) is 25.3 Å². The first-order valence-electron chi connectivity index (χ1n) is 8.13. The summed E-state index contributed by atoms with van der Waals surface area (Å²) in [5.74, 6) is -1.61. The summed E-state index contributed by atoms with van der Waals surface area (Å²) in [6.45, 7) is 1.34. The lowest BCUT2D eigenvalue weighted by molar-refractivity contribution is -0.144. The molecule has 1 N–H and O–H groups in total. The average Bonchev–Trinajstić information content (AvgIpc) is 2.65. The van der Waals surface area contributed by atoms with E-state index in [1.54, 1.807) is 31.2 Å². The van der Waals surface area contributed by atoms with Gasteiger partial charge in [0.25, 0.3) is 5.91 Å². The highest BCUT2D eigenvalue weighted by Crippen LogP contribution is 2.22. The number of methoxy groups -OCH3 is 1. The highest BCUT2D eigenvalue weighted by molar-refractivity contribution is 6.31. The number of nitrogens with one attached hydrogen (secondary N) is 1. The maximum atomic E-state index is 13.6. The highest BCUT2D eigenvalue weighted by Gasteiger charge is 2.13. The molecule has 0 bridgehead atoms. The molecular formula is C20H19ClFNO4. The zero-order valence-electron chi connectivity index (χ0n) is 14.9. The zero-order chi connectivity index (χ0) is 19.8.